The molecule has 1 atom stereocenters. The van der Waals surface area contributed by atoms with Gasteiger partial charge in [0, 0.05) is 6.07 Å². The van der Waals surface area contributed by atoms with Gasteiger partial charge in [-0.2, -0.15) is 0 Å². The van der Waals surface area contributed by atoms with Crippen molar-refractivity contribution in [2.75, 3.05) is 0 Å². The molecule has 2 N–H and O–H groups in total. The first-order chi connectivity index (χ1) is 8.91. The van der Waals surface area contributed by atoms with Crippen LogP contribution in [0.25, 0.3) is 0 Å². The van der Waals surface area contributed by atoms with Gasteiger partial charge in [-0.25, -0.2) is 4.72 Å². The molecule has 6 nitrogen and oxygen atoms in total. The molecule has 1 rings (SSSR count). The lowest BCUT2D eigenvalue weighted by Gasteiger charge is -2.15. The first kappa shape index (κ1) is 15.5. The summed E-state index contributed by atoms with van der Waals surface area (Å²) in [5.41, 5.74) is -0.0336. The molecule has 0 aliphatic rings. The zero-order valence-electron chi connectivity index (χ0n) is 10.7. The van der Waals surface area contributed by atoms with Crippen molar-refractivity contribution in [3.63, 3.8) is 0 Å². The molecule has 1 aromatic rings. The van der Waals surface area contributed by atoms with E-state index in [2.05, 4.69) is 4.72 Å². The van der Waals surface area contributed by atoms with Gasteiger partial charge in [-0.3, -0.25) is 14.9 Å². The maximum Gasteiger partial charge on any atom is 0.321 e. The molecule has 104 valence electrons. The molecular formula is C12H16N2O4S. The maximum atomic E-state index is 11.1. The van der Waals surface area contributed by atoms with Crippen LogP contribution < -0.4 is 4.72 Å². The Morgan fingerprint density at radius 3 is 2.63 bits per heavy atom. The van der Waals surface area contributed by atoms with E-state index >= 15 is 0 Å². The highest BCUT2D eigenvalue weighted by Gasteiger charge is 2.20. The van der Waals surface area contributed by atoms with Crippen LogP contribution in [0.3, 0.4) is 0 Å². The number of nitrogens with zero attached hydrogens (tertiary/aromatic N) is 1. The van der Waals surface area contributed by atoms with Crippen molar-refractivity contribution < 1.29 is 14.8 Å². The molecule has 0 spiro atoms. The molecule has 0 aromatic heterocycles. The molecule has 1 unspecified atom stereocenters. The van der Waals surface area contributed by atoms with Gasteiger partial charge in [-0.1, -0.05) is 26.0 Å². The second-order valence-corrected chi connectivity index (χ2v) is 5.34. The van der Waals surface area contributed by atoms with E-state index in [1.807, 2.05) is 13.8 Å². The van der Waals surface area contributed by atoms with Crippen molar-refractivity contribution in [1.29, 1.82) is 0 Å². The van der Waals surface area contributed by atoms with Crippen LogP contribution in [0.1, 0.15) is 20.3 Å². The summed E-state index contributed by atoms with van der Waals surface area (Å²) < 4.78 is 2.77. The average Bonchev–Trinajstić information content (AvgIpc) is 2.34. The highest BCUT2D eigenvalue weighted by Crippen LogP contribution is 2.27. The first-order valence-electron chi connectivity index (χ1n) is 5.80. The predicted molar refractivity (Wildman–Crippen MR) is 73.0 cm³/mol. The Balaban J connectivity index is 2.74. The lowest BCUT2D eigenvalue weighted by molar-refractivity contribution is -0.387. The van der Waals surface area contributed by atoms with Gasteiger partial charge in [0.1, 0.15) is 10.9 Å². The minimum atomic E-state index is -0.959. The first-order valence-corrected chi connectivity index (χ1v) is 6.62. The fraction of sp³-hybridized carbons (Fsp3) is 0.417. The molecule has 19 heavy (non-hydrogen) atoms. The predicted octanol–water partition coefficient (Wildman–Crippen LogP) is 2.69. The summed E-state index contributed by atoms with van der Waals surface area (Å²) >= 11 is 0.981. The quantitative estimate of drug-likeness (QED) is 0.454. The zero-order valence-corrected chi connectivity index (χ0v) is 11.5. The summed E-state index contributed by atoms with van der Waals surface area (Å²) in [5, 5.41) is 19.9. The topological polar surface area (TPSA) is 92.5 Å². The van der Waals surface area contributed by atoms with E-state index in [0.29, 0.717) is 11.3 Å². The van der Waals surface area contributed by atoms with Gasteiger partial charge in [0.05, 0.1) is 4.92 Å². The Hall–Kier alpha value is -1.60. The number of hydrogen-bond acceptors (Lipinski definition) is 5. The van der Waals surface area contributed by atoms with E-state index in [-0.39, 0.29) is 11.6 Å². The molecule has 0 fully saturated rings. The van der Waals surface area contributed by atoms with E-state index in [4.69, 9.17) is 5.11 Å². The van der Waals surface area contributed by atoms with E-state index < -0.39 is 16.9 Å². The van der Waals surface area contributed by atoms with E-state index in [1.54, 1.807) is 18.2 Å². The molecule has 0 aliphatic carbocycles. The van der Waals surface area contributed by atoms with Gasteiger partial charge in [0.25, 0.3) is 5.69 Å². The Morgan fingerprint density at radius 2 is 2.11 bits per heavy atom. The number of rotatable bonds is 7. The second kappa shape index (κ2) is 7.10. The Kier molecular flexibility index (Phi) is 5.78. The molecule has 0 aliphatic heterocycles. The van der Waals surface area contributed by atoms with Gasteiger partial charge in [-0.15, -0.1) is 0 Å². The Labute approximate surface area is 115 Å². The highest BCUT2D eigenvalue weighted by molar-refractivity contribution is 7.97. The minimum Gasteiger partial charge on any atom is -0.480 e. The highest BCUT2D eigenvalue weighted by atomic mass is 32.2. The van der Waals surface area contributed by atoms with Gasteiger partial charge >= 0.3 is 5.97 Å². The minimum absolute atomic E-state index is 0.0336. The molecule has 0 bridgehead atoms. The van der Waals surface area contributed by atoms with Gasteiger partial charge in [-0.05, 0) is 30.4 Å². The summed E-state index contributed by atoms with van der Waals surface area (Å²) in [4.78, 5) is 21.8. The number of nitro groups is 1. The molecule has 1 aromatic carbocycles. The largest absolute Gasteiger partial charge is 0.480 e. The van der Waals surface area contributed by atoms with Crippen molar-refractivity contribution in [1.82, 2.24) is 4.72 Å². The lowest BCUT2D eigenvalue weighted by atomic mass is 10.1. The number of nitro benzene ring substituents is 1. The van der Waals surface area contributed by atoms with Crippen molar-refractivity contribution in [2.24, 2.45) is 5.92 Å². The average molecular weight is 284 g/mol. The van der Waals surface area contributed by atoms with Crippen molar-refractivity contribution in [3.05, 3.63) is 34.4 Å². The summed E-state index contributed by atoms with van der Waals surface area (Å²) in [6.45, 7) is 3.85. The molecule has 0 saturated heterocycles. The molecule has 0 heterocycles. The summed E-state index contributed by atoms with van der Waals surface area (Å²) in [5.74, 6) is -0.736. The summed E-state index contributed by atoms with van der Waals surface area (Å²) in [6.07, 6.45) is 0.461. The van der Waals surface area contributed by atoms with Crippen molar-refractivity contribution >= 4 is 23.6 Å². The maximum absolute atomic E-state index is 11.1. The van der Waals surface area contributed by atoms with Gasteiger partial charge in [0.2, 0.25) is 0 Å². The number of nitrogens with one attached hydrogen (secondary N) is 1. The number of hydrogen-bond donors (Lipinski definition) is 2. The van der Waals surface area contributed by atoms with Crippen LogP contribution in [0.4, 0.5) is 5.69 Å². The van der Waals surface area contributed by atoms with E-state index in [9.17, 15) is 14.9 Å². The number of carboxylic acids is 1. The van der Waals surface area contributed by atoms with Crippen LogP contribution >= 0.6 is 11.9 Å². The third-order valence-corrected chi connectivity index (χ3v) is 3.35. The number of carboxylic acid groups (broad SMARTS) is 1. The van der Waals surface area contributed by atoms with Crippen molar-refractivity contribution in [3.8, 4) is 0 Å². The molecule has 0 radical (unpaired) electrons. The van der Waals surface area contributed by atoms with Crippen LogP contribution in [0.15, 0.2) is 29.2 Å². The molecular weight excluding hydrogens is 268 g/mol. The Bertz CT molecular complexity index is 465. The number of benzene rings is 1. The number of para-hydroxylation sites is 1. The molecule has 0 saturated carbocycles. The van der Waals surface area contributed by atoms with E-state index in [0.717, 1.165) is 11.9 Å². The zero-order chi connectivity index (χ0) is 14.4. The standard InChI is InChI=1S/C12H16N2O4S/c1-8(2)7-9(12(15)16)13-19-11-6-4-3-5-10(11)14(17)18/h3-6,8-9,13H,7H2,1-2H3,(H,15,16). The van der Waals surface area contributed by atoms with Crippen molar-refractivity contribution in [2.45, 2.75) is 31.2 Å². The second-order valence-electron chi connectivity index (χ2n) is 4.47. The lowest BCUT2D eigenvalue weighted by Crippen LogP contribution is -2.33. The third kappa shape index (κ3) is 4.88. The van der Waals surface area contributed by atoms with Crippen LogP contribution in [0.5, 0.6) is 0 Å². The normalized spacial score (nSPS) is 12.4. The van der Waals surface area contributed by atoms with Gasteiger partial charge in [0.15, 0.2) is 0 Å². The van der Waals surface area contributed by atoms with Crippen LogP contribution in [-0.4, -0.2) is 22.0 Å². The number of carbonyl (C=O) groups is 1. The Morgan fingerprint density at radius 1 is 1.47 bits per heavy atom. The van der Waals surface area contributed by atoms with E-state index in [1.165, 1.54) is 6.07 Å². The molecule has 0 amide bonds. The SMILES string of the molecule is CC(C)CC(NSc1ccccc1[N+](=O)[O-])C(=O)O. The molecule has 7 heteroatoms. The third-order valence-electron chi connectivity index (χ3n) is 2.38. The fourth-order valence-corrected chi connectivity index (χ4v) is 2.36. The van der Waals surface area contributed by atoms with Crippen LogP contribution in [0.2, 0.25) is 0 Å². The van der Waals surface area contributed by atoms with Gasteiger partial charge < -0.3 is 5.11 Å². The summed E-state index contributed by atoms with van der Waals surface area (Å²) in [7, 11) is 0. The monoisotopic (exact) mass is 284 g/mol. The fourth-order valence-electron chi connectivity index (χ4n) is 1.50. The van der Waals surface area contributed by atoms with Crippen LogP contribution in [-0.2, 0) is 4.79 Å². The summed E-state index contributed by atoms with van der Waals surface area (Å²) in [6, 6.07) is 5.50. The number of aliphatic carboxylic acids is 1. The van der Waals surface area contributed by atoms with Crippen LogP contribution in [0, 0.1) is 16.0 Å². The smallest absolute Gasteiger partial charge is 0.321 e.